The molecule has 0 atom stereocenters. The highest BCUT2D eigenvalue weighted by Gasteiger charge is 2.15. The first kappa shape index (κ1) is 19.8. The summed E-state index contributed by atoms with van der Waals surface area (Å²) in [5.74, 6) is -1.29. The fourth-order valence-electron chi connectivity index (χ4n) is 2.92. The SMILES string of the molecule is N#Cc1cccc(I)c1-c1cc(-c2cn(Cc3ccc(F)cc3F)nn2)nc(N)n1. The molecule has 30 heavy (non-hydrogen) atoms. The second kappa shape index (κ2) is 8.11. The van der Waals surface area contributed by atoms with E-state index in [4.69, 9.17) is 5.73 Å². The zero-order chi connectivity index (χ0) is 21.3. The van der Waals surface area contributed by atoms with E-state index in [0.29, 0.717) is 28.2 Å². The molecule has 0 saturated carbocycles. The van der Waals surface area contributed by atoms with Crippen molar-refractivity contribution in [2.45, 2.75) is 6.54 Å². The van der Waals surface area contributed by atoms with Crippen LogP contribution in [0.2, 0.25) is 0 Å². The van der Waals surface area contributed by atoms with Crippen molar-refractivity contribution in [1.82, 2.24) is 25.0 Å². The summed E-state index contributed by atoms with van der Waals surface area (Å²) in [5, 5.41) is 17.5. The molecule has 0 saturated heterocycles. The second-order valence-corrected chi connectivity index (χ2v) is 7.47. The highest BCUT2D eigenvalue weighted by molar-refractivity contribution is 14.1. The van der Waals surface area contributed by atoms with Crippen LogP contribution in [0.5, 0.6) is 0 Å². The fourth-order valence-corrected chi connectivity index (χ4v) is 3.69. The van der Waals surface area contributed by atoms with Gasteiger partial charge in [0.2, 0.25) is 5.95 Å². The van der Waals surface area contributed by atoms with E-state index in [-0.39, 0.29) is 18.1 Å². The number of hydrogen-bond acceptors (Lipinski definition) is 6. The van der Waals surface area contributed by atoms with Crippen molar-refractivity contribution in [3.63, 3.8) is 0 Å². The Morgan fingerprint density at radius 3 is 2.63 bits per heavy atom. The number of rotatable bonds is 4. The van der Waals surface area contributed by atoms with Gasteiger partial charge in [-0.3, -0.25) is 0 Å². The van der Waals surface area contributed by atoms with Crippen LogP contribution in [0.15, 0.2) is 48.7 Å². The molecule has 2 heterocycles. The van der Waals surface area contributed by atoms with Crippen LogP contribution in [0.4, 0.5) is 14.7 Å². The molecule has 4 aromatic rings. The standard InChI is InChI=1S/C20H12F2IN7/c21-13-5-4-12(14(22)6-13)9-30-10-18(28-29-30)16-7-17(27-20(25)26-16)19-11(8-24)2-1-3-15(19)23/h1-7,10H,9H2,(H2,25,26,27). The smallest absolute Gasteiger partial charge is 0.221 e. The van der Waals surface area contributed by atoms with Gasteiger partial charge in [-0.05, 0) is 46.9 Å². The Morgan fingerprint density at radius 2 is 1.87 bits per heavy atom. The van der Waals surface area contributed by atoms with Crippen molar-refractivity contribution in [3.05, 3.63) is 75.0 Å². The van der Waals surface area contributed by atoms with Crippen LogP contribution in [0.1, 0.15) is 11.1 Å². The quantitative estimate of drug-likeness (QED) is 0.415. The maximum atomic E-state index is 13.9. The van der Waals surface area contributed by atoms with Crippen LogP contribution in [0.3, 0.4) is 0 Å². The van der Waals surface area contributed by atoms with Crippen LogP contribution in [-0.2, 0) is 6.54 Å². The van der Waals surface area contributed by atoms with E-state index in [1.165, 1.54) is 16.8 Å². The fraction of sp³-hybridized carbons (Fsp3) is 0.0500. The van der Waals surface area contributed by atoms with E-state index in [1.54, 1.807) is 24.4 Å². The van der Waals surface area contributed by atoms with E-state index >= 15 is 0 Å². The van der Waals surface area contributed by atoms with Gasteiger partial charge in [-0.2, -0.15) is 5.26 Å². The molecule has 0 aliphatic carbocycles. The summed E-state index contributed by atoms with van der Waals surface area (Å²) in [4.78, 5) is 8.47. The van der Waals surface area contributed by atoms with Gasteiger partial charge in [0.15, 0.2) is 0 Å². The van der Waals surface area contributed by atoms with Gasteiger partial charge < -0.3 is 5.73 Å². The predicted octanol–water partition coefficient (Wildman–Crippen LogP) is 3.79. The van der Waals surface area contributed by atoms with E-state index < -0.39 is 11.6 Å². The number of nitrogen functional groups attached to an aromatic ring is 1. The van der Waals surface area contributed by atoms with Crippen molar-refractivity contribution in [2.24, 2.45) is 0 Å². The summed E-state index contributed by atoms with van der Waals surface area (Å²) < 4.78 is 29.2. The minimum atomic E-state index is -0.664. The molecule has 2 aromatic carbocycles. The third-order valence-corrected chi connectivity index (χ3v) is 5.18. The first-order chi connectivity index (χ1) is 14.4. The number of benzene rings is 2. The summed E-state index contributed by atoms with van der Waals surface area (Å²) in [5.41, 5.74) is 8.57. The van der Waals surface area contributed by atoms with Crippen molar-refractivity contribution in [1.29, 1.82) is 5.26 Å². The maximum Gasteiger partial charge on any atom is 0.221 e. The zero-order valence-electron chi connectivity index (χ0n) is 15.2. The lowest BCUT2D eigenvalue weighted by Crippen LogP contribution is -2.03. The van der Waals surface area contributed by atoms with Crippen LogP contribution in [0, 0.1) is 26.5 Å². The second-order valence-electron chi connectivity index (χ2n) is 6.31. The molecule has 10 heteroatoms. The van der Waals surface area contributed by atoms with Gasteiger partial charge in [0.25, 0.3) is 0 Å². The van der Waals surface area contributed by atoms with Crippen LogP contribution in [0.25, 0.3) is 22.6 Å². The summed E-state index contributed by atoms with van der Waals surface area (Å²) in [6, 6.07) is 12.5. The highest BCUT2D eigenvalue weighted by atomic mass is 127. The number of nitriles is 1. The zero-order valence-corrected chi connectivity index (χ0v) is 17.4. The molecule has 0 fully saturated rings. The number of aromatic nitrogens is 5. The van der Waals surface area contributed by atoms with Crippen LogP contribution < -0.4 is 5.73 Å². The lowest BCUT2D eigenvalue weighted by molar-refractivity contribution is 0.554. The minimum absolute atomic E-state index is 0.0187. The Bertz CT molecular complexity index is 1300. The normalized spacial score (nSPS) is 10.7. The van der Waals surface area contributed by atoms with E-state index in [9.17, 15) is 14.0 Å². The number of hydrogen-bond donors (Lipinski definition) is 1. The summed E-state index contributed by atoms with van der Waals surface area (Å²) in [6.45, 7) is 0.0711. The van der Waals surface area contributed by atoms with Crippen molar-refractivity contribution < 1.29 is 8.78 Å². The lowest BCUT2D eigenvalue weighted by Gasteiger charge is -2.08. The van der Waals surface area contributed by atoms with Crippen molar-refractivity contribution >= 4 is 28.5 Å². The van der Waals surface area contributed by atoms with E-state index in [2.05, 4.69) is 48.9 Å². The molecule has 4 rings (SSSR count). The van der Waals surface area contributed by atoms with Gasteiger partial charge in [-0.1, -0.05) is 17.3 Å². The molecule has 0 bridgehead atoms. The number of nitrogens with two attached hydrogens (primary N) is 1. The highest BCUT2D eigenvalue weighted by Crippen LogP contribution is 2.30. The number of nitrogens with zero attached hydrogens (tertiary/aromatic N) is 6. The molecule has 0 amide bonds. The van der Waals surface area contributed by atoms with Crippen LogP contribution in [-0.4, -0.2) is 25.0 Å². The number of halogens is 3. The van der Waals surface area contributed by atoms with E-state index in [1.807, 2.05) is 6.07 Å². The third kappa shape index (κ3) is 3.97. The van der Waals surface area contributed by atoms with Gasteiger partial charge in [0.1, 0.15) is 17.3 Å². The molecule has 0 aliphatic rings. The Hall–Kier alpha value is -3.46. The first-order valence-electron chi connectivity index (χ1n) is 8.62. The average Bonchev–Trinajstić information content (AvgIpc) is 3.18. The molecular weight excluding hydrogens is 503 g/mol. The Labute approximate surface area is 183 Å². The van der Waals surface area contributed by atoms with Gasteiger partial charge in [0.05, 0.1) is 35.8 Å². The molecule has 0 radical (unpaired) electrons. The van der Waals surface area contributed by atoms with Gasteiger partial charge >= 0.3 is 0 Å². The molecule has 2 N–H and O–H groups in total. The molecule has 148 valence electrons. The van der Waals surface area contributed by atoms with E-state index in [0.717, 1.165) is 9.64 Å². The van der Waals surface area contributed by atoms with Crippen molar-refractivity contribution in [2.75, 3.05) is 5.73 Å². The number of anilines is 1. The molecular formula is C20H12F2IN7. The largest absolute Gasteiger partial charge is 0.368 e. The van der Waals surface area contributed by atoms with Crippen molar-refractivity contribution in [3.8, 4) is 28.7 Å². The molecule has 0 aliphatic heterocycles. The van der Waals surface area contributed by atoms with Gasteiger partial charge in [-0.15, -0.1) is 5.10 Å². The Balaban J connectivity index is 1.70. The van der Waals surface area contributed by atoms with Gasteiger partial charge in [0, 0.05) is 20.8 Å². The summed E-state index contributed by atoms with van der Waals surface area (Å²) in [7, 11) is 0. The Kier molecular flexibility index (Phi) is 5.37. The molecule has 7 nitrogen and oxygen atoms in total. The molecule has 0 unspecified atom stereocenters. The Morgan fingerprint density at radius 1 is 1.07 bits per heavy atom. The summed E-state index contributed by atoms with van der Waals surface area (Å²) >= 11 is 2.13. The van der Waals surface area contributed by atoms with Gasteiger partial charge in [-0.25, -0.2) is 23.4 Å². The van der Waals surface area contributed by atoms with Crippen LogP contribution >= 0.6 is 22.6 Å². The predicted molar refractivity (Wildman–Crippen MR) is 114 cm³/mol. The minimum Gasteiger partial charge on any atom is -0.368 e. The monoisotopic (exact) mass is 515 g/mol. The molecule has 2 aromatic heterocycles. The maximum absolute atomic E-state index is 13.9. The topological polar surface area (TPSA) is 106 Å². The third-order valence-electron chi connectivity index (χ3n) is 4.28. The average molecular weight is 515 g/mol. The summed E-state index contributed by atoms with van der Waals surface area (Å²) in [6.07, 6.45) is 1.58. The molecule has 0 spiro atoms. The lowest BCUT2D eigenvalue weighted by atomic mass is 10.0. The first-order valence-corrected chi connectivity index (χ1v) is 9.70.